The van der Waals surface area contributed by atoms with Crippen molar-refractivity contribution >= 4 is 109 Å². The van der Waals surface area contributed by atoms with Crippen LogP contribution in [0.4, 0.5) is 0 Å². The van der Waals surface area contributed by atoms with Gasteiger partial charge in [-0.3, -0.25) is 9.13 Å². The number of hydrogen-bond donors (Lipinski definition) is 0. The first-order valence-electron chi connectivity index (χ1n) is 26.0. The number of aromatic nitrogens is 7. The normalized spacial score (nSPS) is 12.2. The number of fused-ring (bicyclic) bond motifs is 15. The lowest BCUT2D eigenvalue weighted by Crippen LogP contribution is -2.10. The Morgan fingerprint density at radius 3 is 1.36 bits per heavy atom. The molecule has 0 aliphatic rings. The molecular formula is C69H41N7O. The lowest BCUT2D eigenvalue weighted by Gasteiger charge is -2.14. The van der Waals surface area contributed by atoms with Crippen LogP contribution in [0.15, 0.2) is 253 Å². The first kappa shape index (κ1) is 41.9. The molecule has 0 spiro atoms. The van der Waals surface area contributed by atoms with E-state index in [0.29, 0.717) is 17.7 Å². The predicted octanol–water partition coefficient (Wildman–Crippen LogP) is 17.5. The molecule has 11 aromatic carbocycles. The molecule has 6 heterocycles. The number of furan rings is 1. The van der Waals surface area contributed by atoms with E-state index in [1.807, 2.05) is 0 Å². The number of nitrogens with zero attached hydrogens (tertiary/aromatic N) is 7. The second kappa shape index (κ2) is 16.0. The Hall–Kier alpha value is -10.6. The summed E-state index contributed by atoms with van der Waals surface area (Å²) in [4.78, 5) is 16.1. The highest BCUT2D eigenvalue weighted by Gasteiger charge is 2.25. The number of rotatable bonds is 6. The average Bonchev–Trinajstić information content (AvgIpc) is 4.49. The van der Waals surface area contributed by atoms with Crippen LogP contribution >= 0.6 is 0 Å². The minimum atomic E-state index is 0.528. The fourth-order valence-corrected chi connectivity index (χ4v) is 12.7. The van der Waals surface area contributed by atoms with Crippen LogP contribution in [-0.4, -0.2) is 33.2 Å². The molecule has 358 valence electrons. The molecule has 8 nitrogen and oxygen atoms in total. The van der Waals surface area contributed by atoms with Gasteiger partial charge in [0.1, 0.15) is 11.2 Å². The third-order valence-corrected chi connectivity index (χ3v) is 15.8. The molecule has 8 heteroatoms. The van der Waals surface area contributed by atoms with Crippen molar-refractivity contribution in [1.29, 1.82) is 0 Å². The van der Waals surface area contributed by atoms with E-state index in [1.165, 1.54) is 27.1 Å². The zero-order valence-electron chi connectivity index (χ0n) is 41.2. The quantitative estimate of drug-likeness (QED) is 0.166. The second-order valence-electron chi connectivity index (χ2n) is 19.9. The van der Waals surface area contributed by atoms with E-state index in [4.69, 9.17) is 19.4 Å². The van der Waals surface area contributed by atoms with Crippen LogP contribution in [0.25, 0.3) is 155 Å². The monoisotopic (exact) mass is 983 g/mol. The fourth-order valence-electron chi connectivity index (χ4n) is 12.7. The predicted molar refractivity (Wildman–Crippen MR) is 315 cm³/mol. The molecule has 0 saturated heterocycles. The number of para-hydroxylation sites is 8. The van der Waals surface area contributed by atoms with Crippen molar-refractivity contribution in [3.05, 3.63) is 249 Å². The van der Waals surface area contributed by atoms with E-state index in [1.54, 1.807) is 0 Å². The number of benzene rings is 11. The molecule has 0 unspecified atom stereocenters. The van der Waals surface area contributed by atoms with Gasteiger partial charge in [-0.2, -0.15) is 15.0 Å². The molecule has 0 saturated carbocycles. The van der Waals surface area contributed by atoms with Crippen LogP contribution in [-0.2, 0) is 0 Å². The molecule has 0 fully saturated rings. The zero-order chi connectivity index (χ0) is 50.3. The summed E-state index contributed by atoms with van der Waals surface area (Å²) in [6.45, 7) is 0. The van der Waals surface area contributed by atoms with Gasteiger partial charge in [0.25, 0.3) is 0 Å². The molecule has 17 rings (SSSR count). The van der Waals surface area contributed by atoms with Crippen molar-refractivity contribution < 1.29 is 4.42 Å². The first-order chi connectivity index (χ1) is 38.2. The lowest BCUT2D eigenvalue weighted by molar-refractivity contribution is 0.669. The second-order valence-corrected chi connectivity index (χ2v) is 19.9. The van der Waals surface area contributed by atoms with E-state index >= 15 is 0 Å². The van der Waals surface area contributed by atoms with E-state index < -0.39 is 0 Å². The maximum absolute atomic E-state index is 6.96. The highest BCUT2D eigenvalue weighted by Crippen LogP contribution is 2.46. The Morgan fingerprint density at radius 1 is 0.286 bits per heavy atom. The van der Waals surface area contributed by atoms with Crippen molar-refractivity contribution in [3.8, 4) is 45.8 Å². The molecule has 0 atom stereocenters. The average molecular weight is 984 g/mol. The third-order valence-electron chi connectivity index (χ3n) is 15.8. The van der Waals surface area contributed by atoms with E-state index in [2.05, 4.69) is 267 Å². The van der Waals surface area contributed by atoms with Gasteiger partial charge in [0.2, 0.25) is 11.9 Å². The van der Waals surface area contributed by atoms with Gasteiger partial charge < -0.3 is 13.6 Å². The van der Waals surface area contributed by atoms with Crippen LogP contribution in [0.5, 0.6) is 0 Å². The maximum Gasteiger partial charge on any atom is 0.240 e. The summed E-state index contributed by atoms with van der Waals surface area (Å²) in [5.74, 6) is 1.59. The van der Waals surface area contributed by atoms with Gasteiger partial charge in [-0.15, -0.1) is 0 Å². The van der Waals surface area contributed by atoms with Crippen molar-refractivity contribution in [2.45, 2.75) is 0 Å². The lowest BCUT2D eigenvalue weighted by atomic mass is 9.96. The maximum atomic E-state index is 6.96. The number of hydrogen-bond acceptors (Lipinski definition) is 4. The molecule has 0 radical (unpaired) electrons. The highest BCUT2D eigenvalue weighted by atomic mass is 16.3. The van der Waals surface area contributed by atoms with Crippen molar-refractivity contribution in [2.75, 3.05) is 0 Å². The molecule has 0 aliphatic carbocycles. The van der Waals surface area contributed by atoms with Crippen LogP contribution in [0.2, 0.25) is 0 Å². The standard InChI is InChI=1S/C69H41N7O/c1-2-19-43(20-3-1)73-59-35-15-9-26-52(59)65-60(73)36-18-37-61(65)74-54-30-10-8-25-48(54)50-28-16-29-51(66(50)74)49-27-17-38-62-64(49)53-40-39-42(41-63(53)77-62)67-70-68(75-55-31-11-4-21-44(55)45-22-5-12-32-56(45)75)72-69(71-67)76-57-33-13-6-23-46(57)47-24-7-14-34-58(47)76/h1-41H. The molecule has 17 aromatic rings. The van der Waals surface area contributed by atoms with Crippen LogP contribution < -0.4 is 0 Å². The van der Waals surface area contributed by atoms with Crippen LogP contribution in [0, 0.1) is 0 Å². The molecule has 0 bridgehead atoms. The summed E-state index contributed by atoms with van der Waals surface area (Å²) >= 11 is 0. The summed E-state index contributed by atoms with van der Waals surface area (Å²) in [7, 11) is 0. The van der Waals surface area contributed by atoms with Crippen LogP contribution in [0.1, 0.15) is 0 Å². The summed E-state index contributed by atoms with van der Waals surface area (Å²) in [5, 5.41) is 11.4. The third kappa shape index (κ3) is 5.94. The summed E-state index contributed by atoms with van der Waals surface area (Å²) in [6, 6.07) is 88.4. The Labute approximate surface area is 439 Å². The minimum absolute atomic E-state index is 0.528. The van der Waals surface area contributed by atoms with E-state index in [0.717, 1.165) is 110 Å². The molecule has 6 aromatic heterocycles. The Morgan fingerprint density at radius 2 is 0.753 bits per heavy atom. The summed E-state index contributed by atoms with van der Waals surface area (Å²) in [6.07, 6.45) is 0. The topological polar surface area (TPSA) is 71.5 Å². The van der Waals surface area contributed by atoms with Gasteiger partial charge in [0, 0.05) is 70.7 Å². The molecular weight excluding hydrogens is 943 g/mol. The first-order valence-corrected chi connectivity index (χ1v) is 26.0. The van der Waals surface area contributed by atoms with Gasteiger partial charge in [-0.1, -0.05) is 170 Å². The van der Waals surface area contributed by atoms with Crippen molar-refractivity contribution in [1.82, 2.24) is 33.2 Å². The SMILES string of the molecule is c1ccc(-n2c3ccccc3c3c(-n4c5ccccc5c5cccc(-c6cccc7oc8cc(-c9nc(-n%10c%11ccccc%11c%11ccccc%11%10)nc(-n%10c%11ccccc%11c%11ccccc%11%10)n9)ccc8c67)c54)cccc32)cc1. The molecule has 0 aliphatic heterocycles. The van der Waals surface area contributed by atoms with E-state index in [-0.39, 0.29) is 0 Å². The van der Waals surface area contributed by atoms with Gasteiger partial charge in [0.05, 0.1) is 49.8 Å². The summed E-state index contributed by atoms with van der Waals surface area (Å²) in [5.41, 5.74) is 15.5. The van der Waals surface area contributed by atoms with Gasteiger partial charge in [-0.25, -0.2) is 0 Å². The Bertz CT molecular complexity index is 5060. The largest absolute Gasteiger partial charge is 0.456 e. The zero-order valence-corrected chi connectivity index (χ0v) is 41.2. The Balaban J connectivity index is 0.893. The molecule has 0 amide bonds. The van der Waals surface area contributed by atoms with Gasteiger partial charge >= 0.3 is 0 Å². The minimum Gasteiger partial charge on any atom is -0.456 e. The van der Waals surface area contributed by atoms with Crippen LogP contribution in [0.3, 0.4) is 0 Å². The highest BCUT2D eigenvalue weighted by molar-refractivity contribution is 6.21. The van der Waals surface area contributed by atoms with Crippen molar-refractivity contribution in [3.63, 3.8) is 0 Å². The fraction of sp³-hybridized carbons (Fsp3) is 0. The summed E-state index contributed by atoms with van der Waals surface area (Å²) < 4.78 is 16.2. The van der Waals surface area contributed by atoms with Crippen molar-refractivity contribution in [2.24, 2.45) is 0 Å². The van der Waals surface area contributed by atoms with E-state index in [9.17, 15) is 0 Å². The molecule has 0 N–H and O–H groups in total. The van der Waals surface area contributed by atoms with Gasteiger partial charge in [-0.05, 0) is 84.4 Å². The molecule has 77 heavy (non-hydrogen) atoms. The smallest absolute Gasteiger partial charge is 0.240 e. The van der Waals surface area contributed by atoms with Gasteiger partial charge in [0.15, 0.2) is 5.82 Å². The Kier molecular flexibility index (Phi) is 8.68.